The standard InChI is InChI=1S/C33H29FN4O5/c1-22-6-7-23(2)38(22)27-10-14-29(15-11-27)41-20-30-16-17-31(43-30)33(40)37-35-19-24-8-12-28(13-9-24)42-21-32(39)36-26-5-3-4-25(34)18-26/h3-19H,20-21H2,1-2H3,(H,36,39)(H,37,40)/b35-19+. The fourth-order valence-electron chi connectivity index (χ4n) is 4.28. The topological polar surface area (TPSA) is 107 Å². The summed E-state index contributed by atoms with van der Waals surface area (Å²) in [5.41, 5.74) is 6.83. The lowest BCUT2D eigenvalue weighted by molar-refractivity contribution is -0.118. The third-order valence-electron chi connectivity index (χ3n) is 6.37. The summed E-state index contributed by atoms with van der Waals surface area (Å²) < 4.78 is 32.3. The summed E-state index contributed by atoms with van der Waals surface area (Å²) in [6.45, 7) is 4.05. The van der Waals surface area contributed by atoms with Gasteiger partial charge in [-0.15, -0.1) is 0 Å². The molecule has 5 rings (SSSR count). The van der Waals surface area contributed by atoms with Gasteiger partial charge in [0.1, 0.15) is 29.7 Å². The first-order chi connectivity index (χ1) is 20.8. The number of ether oxygens (including phenoxy) is 2. The van der Waals surface area contributed by atoms with Crippen LogP contribution >= 0.6 is 0 Å². The van der Waals surface area contributed by atoms with Gasteiger partial charge in [0, 0.05) is 22.8 Å². The van der Waals surface area contributed by atoms with E-state index in [0.29, 0.717) is 28.5 Å². The van der Waals surface area contributed by atoms with Crippen molar-refractivity contribution in [3.63, 3.8) is 0 Å². The van der Waals surface area contributed by atoms with Crippen LogP contribution < -0.4 is 20.2 Å². The van der Waals surface area contributed by atoms with Crippen LogP contribution in [0.3, 0.4) is 0 Å². The van der Waals surface area contributed by atoms with Crippen LogP contribution in [0.5, 0.6) is 11.5 Å². The maximum atomic E-state index is 13.2. The molecule has 10 heteroatoms. The molecule has 0 fully saturated rings. The summed E-state index contributed by atoms with van der Waals surface area (Å²) in [4.78, 5) is 24.5. The van der Waals surface area contributed by atoms with Crippen LogP contribution in [-0.4, -0.2) is 29.2 Å². The molecule has 43 heavy (non-hydrogen) atoms. The van der Waals surface area contributed by atoms with Crippen molar-refractivity contribution >= 4 is 23.7 Å². The molecule has 0 unspecified atom stereocenters. The number of hydrogen-bond donors (Lipinski definition) is 2. The van der Waals surface area contributed by atoms with Crippen molar-refractivity contribution in [3.05, 3.63) is 131 Å². The predicted molar refractivity (Wildman–Crippen MR) is 160 cm³/mol. The van der Waals surface area contributed by atoms with Gasteiger partial charge in [0.25, 0.3) is 5.91 Å². The van der Waals surface area contributed by atoms with Gasteiger partial charge in [-0.2, -0.15) is 5.10 Å². The number of nitrogens with one attached hydrogen (secondary N) is 2. The van der Waals surface area contributed by atoms with E-state index in [-0.39, 0.29) is 19.0 Å². The molecular formula is C33H29FN4O5. The maximum Gasteiger partial charge on any atom is 0.307 e. The summed E-state index contributed by atoms with van der Waals surface area (Å²) >= 11 is 0. The number of anilines is 1. The molecule has 0 aliphatic carbocycles. The summed E-state index contributed by atoms with van der Waals surface area (Å²) in [5.74, 6) is 0.375. The molecule has 2 N–H and O–H groups in total. The SMILES string of the molecule is Cc1ccc(C)n1-c1ccc(OCc2ccc(C(=O)N/N=C/c3ccc(OCC(=O)Nc4cccc(F)c4)cc3)o2)cc1. The van der Waals surface area contributed by atoms with Crippen LogP contribution in [0.4, 0.5) is 10.1 Å². The number of halogens is 1. The lowest BCUT2D eigenvalue weighted by atomic mass is 10.2. The number of carbonyl (C=O) groups excluding carboxylic acids is 2. The van der Waals surface area contributed by atoms with Gasteiger partial charge in [0.15, 0.2) is 12.4 Å². The van der Waals surface area contributed by atoms with Crippen molar-refractivity contribution in [1.29, 1.82) is 0 Å². The van der Waals surface area contributed by atoms with E-state index in [1.165, 1.54) is 24.4 Å². The van der Waals surface area contributed by atoms with Gasteiger partial charge in [0.2, 0.25) is 0 Å². The van der Waals surface area contributed by atoms with E-state index in [1.807, 2.05) is 24.3 Å². The molecule has 2 amide bonds. The maximum absolute atomic E-state index is 13.2. The van der Waals surface area contributed by atoms with Crippen LogP contribution in [0.15, 0.2) is 107 Å². The minimum Gasteiger partial charge on any atom is -0.486 e. The molecule has 5 aromatic rings. The monoisotopic (exact) mass is 580 g/mol. The smallest absolute Gasteiger partial charge is 0.307 e. The molecular weight excluding hydrogens is 551 g/mol. The molecule has 0 saturated heterocycles. The number of hydrazone groups is 1. The van der Waals surface area contributed by atoms with Gasteiger partial charge in [0.05, 0.1) is 6.21 Å². The Hall–Kier alpha value is -5.64. The number of amides is 2. The van der Waals surface area contributed by atoms with Crippen molar-refractivity contribution in [3.8, 4) is 17.2 Å². The van der Waals surface area contributed by atoms with E-state index in [0.717, 1.165) is 17.1 Å². The van der Waals surface area contributed by atoms with Crippen molar-refractivity contribution in [2.75, 3.05) is 11.9 Å². The van der Waals surface area contributed by atoms with Gasteiger partial charge in [-0.25, -0.2) is 9.82 Å². The Bertz CT molecular complexity index is 1720. The average molecular weight is 581 g/mol. The Kier molecular flexibility index (Phi) is 8.96. The lowest BCUT2D eigenvalue weighted by Crippen LogP contribution is -2.20. The second-order valence-electron chi connectivity index (χ2n) is 9.62. The highest BCUT2D eigenvalue weighted by molar-refractivity contribution is 5.92. The number of benzene rings is 3. The Labute approximate surface area is 247 Å². The second-order valence-corrected chi connectivity index (χ2v) is 9.62. The van der Waals surface area contributed by atoms with E-state index >= 15 is 0 Å². The highest BCUT2D eigenvalue weighted by atomic mass is 19.1. The van der Waals surface area contributed by atoms with E-state index in [2.05, 4.69) is 46.4 Å². The Morgan fingerprint density at radius 3 is 2.30 bits per heavy atom. The fourth-order valence-corrected chi connectivity index (χ4v) is 4.28. The third-order valence-corrected chi connectivity index (χ3v) is 6.37. The third kappa shape index (κ3) is 7.76. The number of nitrogens with zero attached hydrogens (tertiary/aromatic N) is 2. The number of aromatic nitrogens is 1. The quantitative estimate of drug-likeness (QED) is 0.143. The molecule has 0 bridgehead atoms. The number of furan rings is 1. The normalized spacial score (nSPS) is 11.0. The highest BCUT2D eigenvalue weighted by Gasteiger charge is 2.11. The highest BCUT2D eigenvalue weighted by Crippen LogP contribution is 2.21. The molecule has 218 valence electrons. The number of aryl methyl sites for hydroxylation is 2. The Balaban J connectivity index is 1.05. The molecule has 0 saturated carbocycles. The first kappa shape index (κ1) is 28.9. The zero-order valence-corrected chi connectivity index (χ0v) is 23.5. The molecule has 9 nitrogen and oxygen atoms in total. The van der Waals surface area contributed by atoms with Gasteiger partial charge in [-0.1, -0.05) is 6.07 Å². The minimum absolute atomic E-state index is 0.102. The lowest BCUT2D eigenvalue weighted by Gasteiger charge is -2.10. The average Bonchev–Trinajstić information content (AvgIpc) is 3.62. The molecule has 2 heterocycles. The van der Waals surface area contributed by atoms with Crippen LogP contribution in [0.1, 0.15) is 33.3 Å². The largest absolute Gasteiger partial charge is 0.486 e. The summed E-state index contributed by atoms with van der Waals surface area (Å²) in [5, 5.41) is 6.53. The summed E-state index contributed by atoms with van der Waals surface area (Å²) in [6.07, 6.45) is 1.46. The van der Waals surface area contributed by atoms with E-state index in [1.54, 1.807) is 42.5 Å². The number of hydrogen-bond acceptors (Lipinski definition) is 6. The van der Waals surface area contributed by atoms with Crippen LogP contribution in [0.2, 0.25) is 0 Å². The summed E-state index contributed by atoms with van der Waals surface area (Å²) in [7, 11) is 0. The number of rotatable bonds is 11. The van der Waals surface area contributed by atoms with E-state index < -0.39 is 17.6 Å². The predicted octanol–water partition coefficient (Wildman–Crippen LogP) is 6.19. The van der Waals surface area contributed by atoms with Gasteiger partial charge in [-0.05, 0) is 110 Å². The Morgan fingerprint density at radius 1 is 0.884 bits per heavy atom. The van der Waals surface area contributed by atoms with E-state index in [9.17, 15) is 14.0 Å². The Morgan fingerprint density at radius 2 is 1.58 bits per heavy atom. The number of carbonyl (C=O) groups is 2. The van der Waals surface area contributed by atoms with Gasteiger partial charge < -0.3 is 23.8 Å². The first-order valence-corrected chi connectivity index (χ1v) is 13.4. The summed E-state index contributed by atoms with van der Waals surface area (Å²) in [6, 6.07) is 27.5. The van der Waals surface area contributed by atoms with Crippen molar-refractivity contribution < 1.29 is 27.9 Å². The zero-order chi connectivity index (χ0) is 30.2. The molecule has 0 atom stereocenters. The zero-order valence-electron chi connectivity index (χ0n) is 23.5. The second kappa shape index (κ2) is 13.3. The molecule has 3 aromatic carbocycles. The molecule has 0 radical (unpaired) electrons. The van der Waals surface area contributed by atoms with Crippen molar-refractivity contribution in [1.82, 2.24) is 9.99 Å². The van der Waals surface area contributed by atoms with Crippen molar-refractivity contribution in [2.24, 2.45) is 5.10 Å². The van der Waals surface area contributed by atoms with Gasteiger partial charge in [-0.3, -0.25) is 9.59 Å². The van der Waals surface area contributed by atoms with E-state index in [4.69, 9.17) is 13.9 Å². The van der Waals surface area contributed by atoms with Crippen LogP contribution in [0.25, 0.3) is 5.69 Å². The fraction of sp³-hybridized carbons (Fsp3) is 0.121. The molecule has 0 aliphatic heterocycles. The van der Waals surface area contributed by atoms with Gasteiger partial charge >= 0.3 is 5.91 Å². The molecule has 0 spiro atoms. The van der Waals surface area contributed by atoms with Crippen LogP contribution in [0, 0.1) is 19.7 Å². The first-order valence-electron chi connectivity index (χ1n) is 13.4. The molecule has 0 aliphatic rings. The van der Waals surface area contributed by atoms with Crippen molar-refractivity contribution in [2.45, 2.75) is 20.5 Å². The minimum atomic E-state index is -0.506. The van der Waals surface area contributed by atoms with Crippen LogP contribution in [-0.2, 0) is 11.4 Å². The molecule has 2 aromatic heterocycles.